The summed E-state index contributed by atoms with van der Waals surface area (Å²) < 4.78 is 5.85. The topological polar surface area (TPSA) is 68.3 Å². The van der Waals surface area contributed by atoms with Crippen LogP contribution in [-0.2, 0) is 11.2 Å². The van der Waals surface area contributed by atoms with Crippen molar-refractivity contribution in [2.75, 3.05) is 5.73 Å². The molecular formula is C21H22N2O2. The van der Waals surface area contributed by atoms with Gasteiger partial charge in [0.15, 0.2) is 0 Å². The van der Waals surface area contributed by atoms with Gasteiger partial charge in [0, 0.05) is 11.1 Å². The molecule has 0 saturated heterocycles. The van der Waals surface area contributed by atoms with Gasteiger partial charge in [-0.2, -0.15) is 0 Å². The highest BCUT2D eigenvalue weighted by atomic mass is 16.3. The Bertz CT molecular complexity index is 896. The fraction of sp³-hybridized carbons (Fsp3) is 0.286. The number of nitrogen functional groups attached to an aromatic ring is 1. The molecule has 1 heterocycles. The van der Waals surface area contributed by atoms with E-state index in [-0.39, 0.29) is 17.9 Å². The number of amides is 1. The molecule has 2 unspecified atom stereocenters. The number of para-hydroxylation sites is 1. The van der Waals surface area contributed by atoms with E-state index in [1.807, 2.05) is 55.5 Å². The van der Waals surface area contributed by atoms with Gasteiger partial charge >= 0.3 is 0 Å². The van der Waals surface area contributed by atoms with Gasteiger partial charge in [0.1, 0.15) is 11.3 Å². The molecule has 0 aliphatic heterocycles. The monoisotopic (exact) mass is 334 g/mol. The van der Waals surface area contributed by atoms with Crippen molar-refractivity contribution in [3.8, 4) is 0 Å². The normalized spacial score (nSPS) is 17.9. The quantitative estimate of drug-likeness (QED) is 0.701. The van der Waals surface area contributed by atoms with Crippen LogP contribution in [0.15, 0.2) is 52.9 Å². The molecule has 2 aromatic carbocycles. The number of furan rings is 1. The molecule has 4 heteroatoms. The Labute approximate surface area is 147 Å². The van der Waals surface area contributed by atoms with E-state index in [1.54, 1.807) is 0 Å². The second kappa shape index (κ2) is 6.28. The predicted molar refractivity (Wildman–Crippen MR) is 99.3 cm³/mol. The summed E-state index contributed by atoms with van der Waals surface area (Å²) >= 11 is 0. The molecule has 4 nitrogen and oxygen atoms in total. The predicted octanol–water partition coefficient (Wildman–Crippen LogP) is 4.31. The third-order valence-corrected chi connectivity index (χ3v) is 5.06. The number of anilines is 1. The molecule has 3 aromatic rings. The van der Waals surface area contributed by atoms with Gasteiger partial charge in [0.25, 0.3) is 0 Å². The van der Waals surface area contributed by atoms with Gasteiger partial charge in [-0.05, 0) is 61.6 Å². The fourth-order valence-electron chi connectivity index (χ4n) is 3.63. The summed E-state index contributed by atoms with van der Waals surface area (Å²) in [4.78, 5) is 12.8. The number of nitrogens with one attached hydrogen (secondary N) is 1. The maximum atomic E-state index is 12.8. The van der Waals surface area contributed by atoms with Crippen LogP contribution in [-0.4, -0.2) is 5.91 Å². The average molecular weight is 334 g/mol. The number of hydrogen-bond acceptors (Lipinski definition) is 3. The molecular weight excluding hydrogens is 312 g/mol. The highest BCUT2D eigenvalue weighted by molar-refractivity contribution is 5.85. The van der Waals surface area contributed by atoms with E-state index in [2.05, 4.69) is 5.32 Å². The minimum Gasteiger partial charge on any atom is -0.460 e. The number of carbonyl (C=O) groups is 1. The number of hydrogen-bond donors (Lipinski definition) is 2. The van der Waals surface area contributed by atoms with E-state index in [9.17, 15) is 4.79 Å². The van der Waals surface area contributed by atoms with E-state index in [0.29, 0.717) is 5.76 Å². The molecule has 1 aliphatic carbocycles. The van der Waals surface area contributed by atoms with Crippen molar-refractivity contribution in [2.45, 2.75) is 38.1 Å². The van der Waals surface area contributed by atoms with Gasteiger partial charge in [-0.25, -0.2) is 0 Å². The second-order valence-electron chi connectivity index (χ2n) is 6.82. The summed E-state index contributed by atoms with van der Waals surface area (Å²) in [6.45, 7) is 1.89. The third-order valence-electron chi connectivity index (χ3n) is 5.06. The Kier molecular flexibility index (Phi) is 3.96. The van der Waals surface area contributed by atoms with Crippen LogP contribution >= 0.6 is 0 Å². The van der Waals surface area contributed by atoms with Crippen LogP contribution in [0.3, 0.4) is 0 Å². The summed E-state index contributed by atoms with van der Waals surface area (Å²) in [7, 11) is 0. The van der Waals surface area contributed by atoms with Crippen molar-refractivity contribution in [3.05, 3.63) is 65.4 Å². The van der Waals surface area contributed by atoms with Crippen molar-refractivity contribution in [2.24, 2.45) is 0 Å². The van der Waals surface area contributed by atoms with Crippen LogP contribution in [0.4, 0.5) is 5.69 Å². The minimum atomic E-state index is -0.327. The van der Waals surface area contributed by atoms with E-state index in [0.717, 1.165) is 35.9 Å². The lowest BCUT2D eigenvalue weighted by molar-refractivity contribution is -0.123. The Morgan fingerprint density at radius 1 is 1.24 bits per heavy atom. The van der Waals surface area contributed by atoms with Gasteiger partial charge in [0.2, 0.25) is 5.91 Å². The largest absolute Gasteiger partial charge is 0.460 e. The first-order valence-electron chi connectivity index (χ1n) is 8.79. The molecule has 4 rings (SSSR count). The second-order valence-corrected chi connectivity index (χ2v) is 6.82. The van der Waals surface area contributed by atoms with Gasteiger partial charge in [-0.1, -0.05) is 24.3 Å². The molecule has 0 fully saturated rings. The van der Waals surface area contributed by atoms with Crippen molar-refractivity contribution < 1.29 is 9.21 Å². The molecule has 1 amide bonds. The molecule has 0 saturated carbocycles. The molecule has 2 atom stereocenters. The Balaban J connectivity index is 1.54. The van der Waals surface area contributed by atoms with Crippen LogP contribution in [0, 0.1) is 0 Å². The van der Waals surface area contributed by atoms with Gasteiger partial charge in [-0.3, -0.25) is 4.79 Å². The zero-order chi connectivity index (χ0) is 17.4. The summed E-state index contributed by atoms with van der Waals surface area (Å²) in [6.07, 6.45) is 3.03. The number of benzene rings is 2. The standard InChI is InChI=1S/C21H22N2O2/c1-13(20-12-15-5-2-3-8-19(15)25-20)21(24)23-18-7-4-6-14-11-16(22)9-10-17(14)18/h2-3,5,8-13,18H,4,6-7,22H2,1H3,(H,23,24). The molecule has 0 bridgehead atoms. The van der Waals surface area contributed by atoms with Gasteiger partial charge in [0.05, 0.1) is 12.0 Å². The van der Waals surface area contributed by atoms with Crippen molar-refractivity contribution in [1.82, 2.24) is 5.32 Å². The Morgan fingerprint density at radius 2 is 2.08 bits per heavy atom. The van der Waals surface area contributed by atoms with E-state index >= 15 is 0 Å². The summed E-state index contributed by atoms with van der Waals surface area (Å²) in [5.41, 5.74) is 9.91. The molecule has 0 radical (unpaired) electrons. The summed E-state index contributed by atoms with van der Waals surface area (Å²) in [5.74, 6) is 0.368. The van der Waals surface area contributed by atoms with Crippen molar-refractivity contribution in [3.63, 3.8) is 0 Å². The Morgan fingerprint density at radius 3 is 2.92 bits per heavy atom. The molecule has 1 aromatic heterocycles. The van der Waals surface area contributed by atoms with E-state index < -0.39 is 0 Å². The average Bonchev–Trinajstić information content (AvgIpc) is 3.05. The SMILES string of the molecule is CC(C(=O)NC1CCCc2cc(N)ccc21)c1cc2ccccc2o1. The molecule has 1 aliphatic rings. The molecule has 0 spiro atoms. The lowest BCUT2D eigenvalue weighted by Gasteiger charge is -2.27. The van der Waals surface area contributed by atoms with Crippen LogP contribution in [0.2, 0.25) is 0 Å². The van der Waals surface area contributed by atoms with Crippen molar-refractivity contribution in [1.29, 1.82) is 0 Å². The highest BCUT2D eigenvalue weighted by Gasteiger charge is 2.26. The maximum Gasteiger partial charge on any atom is 0.230 e. The molecule has 25 heavy (non-hydrogen) atoms. The van der Waals surface area contributed by atoms with Crippen molar-refractivity contribution >= 4 is 22.6 Å². The highest BCUT2D eigenvalue weighted by Crippen LogP contribution is 2.32. The number of aryl methyl sites for hydroxylation is 1. The number of carbonyl (C=O) groups excluding carboxylic acids is 1. The number of fused-ring (bicyclic) bond motifs is 2. The third kappa shape index (κ3) is 3.00. The zero-order valence-electron chi connectivity index (χ0n) is 14.3. The minimum absolute atomic E-state index is 0.00580. The lowest BCUT2D eigenvalue weighted by atomic mass is 9.87. The van der Waals surface area contributed by atoms with Gasteiger partial charge in [-0.15, -0.1) is 0 Å². The van der Waals surface area contributed by atoms with Crippen LogP contribution in [0.25, 0.3) is 11.0 Å². The fourth-order valence-corrected chi connectivity index (χ4v) is 3.63. The first-order chi connectivity index (χ1) is 12.1. The van der Waals surface area contributed by atoms with Gasteiger partial charge < -0.3 is 15.5 Å². The number of rotatable bonds is 3. The Hall–Kier alpha value is -2.75. The van der Waals surface area contributed by atoms with Crippen LogP contribution < -0.4 is 11.1 Å². The van der Waals surface area contributed by atoms with Crippen LogP contribution in [0.1, 0.15) is 48.6 Å². The first kappa shape index (κ1) is 15.8. The molecule has 3 N–H and O–H groups in total. The zero-order valence-corrected chi connectivity index (χ0v) is 14.3. The summed E-state index contributed by atoms with van der Waals surface area (Å²) in [5, 5.41) is 4.22. The van der Waals surface area contributed by atoms with E-state index in [4.69, 9.17) is 10.2 Å². The van der Waals surface area contributed by atoms with Crippen LogP contribution in [0.5, 0.6) is 0 Å². The molecule has 128 valence electrons. The lowest BCUT2D eigenvalue weighted by Crippen LogP contribution is -2.33. The summed E-state index contributed by atoms with van der Waals surface area (Å²) in [6, 6.07) is 15.8. The first-order valence-corrected chi connectivity index (χ1v) is 8.79. The number of nitrogens with two attached hydrogens (primary N) is 1. The van der Waals surface area contributed by atoms with E-state index in [1.165, 1.54) is 11.1 Å². The maximum absolute atomic E-state index is 12.8. The smallest absolute Gasteiger partial charge is 0.230 e.